The molecule has 5 nitrogen and oxygen atoms in total. The summed E-state index contributed by atoms with van der Waals surface area (Å²) in [5.74, 6) is 0.547. The quantitative estimate of drug-likeness (QED) is 0.560. The van der Waals surface area contributed by atoms with Gasteiger partial charge in [-0.05, 0) is 42.0 Å². The molecule has 0 atom stereocenters. The number of amides is 1. The van der Waals surface area contributed by atoms with Crippen molar-refractivity contribution in [3.8, 4) is 0 Å². The van der Waals surface area contributed by atoms with E-state index in [0.29, 0.717) is 28.2 Å². The zero-order chi connectivity index (χ0) is 17.6. The van der Waals surface area contributed by atoms with Gasteiger partial charge in [-0.3, -0.25) is 4.79 Å². The molecule has 0 saturated carbocycles. The minimum Gasteiger partial charge on any atom is -0.416 e. The second-order valence-corrected chi connectivity index (χ2v) is 7.39. The maximum absolute atomic E-state index is 11.9. The lowest BCUT2D eigenvalue weighted by Crippen LogP contribution is -2.13. The van der Waals surface area contributed by atoms with Gasteiger partial charge < -0.3 is 9.73 Å². The van der Waals surface area contributed by atoms with Crippen molar-refractivity contribution in [2.24, 2.45) is 0 Å². The molecule has 128 valence electrons. The molecule has 8 heteroatoms. The molecule has 1 aromatic heterocycles. The lowest BCUT2D eigenvalue weighted by Gasteiger charge is -2.03. The van der Waals surface area contributed by atoms with Crippen LogP contribution in [-0.2, 0) is 11.2 Å². The van der Waals surface area contributed by atoms with Crippen molar-refractivity contribution in [1.82, 2.24) is 10.2 Å². The predicted octanol–water partition coefficient (Wildman–Crippen LogP) is 4.81. The fourth-order valence-electron chi connectivity index (χ4n) is 2.00. The van der Waals surface area contributed by atoms with Crippen LogP contribution >= 0.6 is 39.3 Å². The number of nitrogens with zero attached hydrogens (tertiary/aromatic N) is 2. The fourth-order valence-corrected chi connectivity index (χ4v) is 2.97. The molecule has 1 N–H and O–H groups in total. The van der Waals surface area contributed by atoms with Crippen molar-refractivity contribution < 1.29 is 9.21 Å². The molecule has 25 heavy (non-hydrogen) atoms. The molecule has 1 amide bonds. The molecule has 2 aromatic carbocycles. The van der Waals surface area contributed by atoms with Gasteiger partial charge in [0.2, 0.25) is 11.8 Å². The summed E-state index contributed by atoms with van der Waals surface area (Å²) in [5.41, 5.74) is 1.76. The zero-order valence-electron chi connectivity index (χ0n) is 12.9. The maximum atomic E-state index is 11.9. The van der Waals surface area contributed by atoms with Gasteiger partial charge in [0.15, 0.2) is 0 Å². The number of hydrogen-bond donors (Lipinski definition) is 1. The maximum Gasteiger partial charge on any atom is 0.277 e. The van der Waals surface area contributed by atoms with E-state index in [1.807, 2.05) is 24.3 Å². The third kappa shape index (κ3) is 5.59. The molecule has 0 aliphatic heterocycles. The summed E-state index contributed by atoms with van der Waals surface area (Å²) in [6.07, 6.45) is 0.553. The standard InChI is InChI=1S/C17H13BrClN3O2S/c18-12-3-1-11(2-4-12)9-16-21-22-17(24-16)25-10-15(23)20-14-7-5-13(19)6-8-14/h1-8H,9-10H2,(H,20,23). The van der Waals surface area contributed by atoms with Crippen molar-refractivity contribution in [2.75, 3.05) is 11.1 Å². The van der Waals surface area contributed by atoms with Crippen molar-refractivity contribution in [2.45, 2.75) is 11.6 Å². The van der Waals surface area contributed by atoms with Gasteiger partial charge in [-0.1, -0.05) is 51.4 Å². The zero-order valence-corrected chi connectivity index (χ0v) is 16.1. The summed E-state index contributed by atoms with van der Waals surface area (Å²) in [7, 11) is 0. The molecule has 0 spiro atoms. The van der Waals surface area contributed by atoms with Gasteiger partial charge in [0.25, 0.3) is 5.22 Å². The van der Waals surface area contributed by atoms with Crippen LogP contribution in [0.4, 0.5) is 5.69 Å². The molecular weight excluding hydrogens is 426 g/mol. The first kappa shape index (κ1) is 18.0. The highest BCUT2D eigenvalue weighted by molar-refractivity contribution is 9.10. The Hall–Kier alpha value is -1.83. The number of aromatic nitrogens is 2. The summed E-state index contributed by atoms with van der Waals surface area (Å²) in [6.45, 7) is 0. The Labute approximate surface area is 162 Å². The number of halogens is 2. The molecule has 0 fully saturated rings. The first-order chi connectivity index (χ1) is 12.1. The van der Waals surface area contributed by atoms with E-state index in [-0.39, 0.29) is 11.7 Å². The third-order valence-electron chi connectivity index (χ3n) is 3.17. The second-order valence-electron chi connectivity index (χ2n) is 5.11. The number of hydrogen-bond acceptors (Lipinski definition) is 5. The van der Waals surface area contributed by atoms with E-state index < -0.39 is 0 Å². The van der Waals surface area contributed by atoms with Crippen molar-refractivity contribution in [3.05, 3.63) is 69.5 Å². The van der Waals surface area contributed by atoms with Gasteiger partial charge in [-0.15, -0.1) is 10.2 Å². The van der Waals surface area contributed by atoms with Crippen LogP contribution in [-0.4, -0.2) is 21.9 Å². The SMILES string of the molecule is O=C(CSc1nnc(Cc2ccc(Br)cc2)o1)Nc1ccc(Cl)cc1. The van der Waals surface area contributed by atoms with Crippen LogP contribution in [0.15, 0.2) is 62.6 Å². The van der Waals surface area contributed by atoms with E-state index in [1.165, 1.54) is 11.8 Å². The summed E-state index contributed by atoms with van der Waals surface area (Å²) < 4.78 is 6.58. The summed E-state index contributed by atoms with van der Waals surface area (Å²) >= 11 is 10.4. The van der Waals surface area contributed by atoms with Crippen molar-refractivity contribution in [3.63, 3.8) is 0 Å². The predicted molar refractivity (Wildman–Crippen MR) is 102 cm³/mol. The molecule has 0 aliphatic rings. The van der Waals surface area contributed by atoms with E-state index in [9.17, 15) is 4.79 Å². The van der Waals surface area contributed by atoms with Crippen LogP contribution in [0.1, 0.15) is 11.5 Å². The van der Waals surface area contributed by atoms with Gasteiger partial charge in [-0.25, -0.2) is 0 Å². The smallest absolute Gasteiger partial charge is 0.277 e. The van der Waals surface area contributed by atoms with Crippen LogP contribution in [0.5, 0.6) is 0 Å². The first-order valence-electron chi connectivity index (χ1n) is 7.33. The van der Waals surface area contributed by atoms with Crippen molar-refractivity contribution in [1.29, 1.82) is 0 Å². The number of carbonyl (C=O) groups is 1. The Morgan fingerprint density at radius 1 is 1.12 bits per heavy atom. The highest BCUT2D eigenvalue weighted by atomic mass is 79.9. The van der Waals surface area contributed by atoms with Crippen LogP contribution in [0, 0.1) is 0 Å². The first-order valence-corrected chi connectivity index (χ1v) is 9.49. The number of rotatable bonds is 6. The second kappa shape index (κ2) is 8.51. The monoisotopic (exact) mass is 437 g/mol. The minimum absolute atomic E-state index is 0.153. The van der Waals surface area contributed by atoms with E-state index in [4.69, 9.17) is 16.0 Å². The normalized spacial score (nSPS) is 10.6. The molecule has 1 heterocycles. The number of nitrogens with one attached hydrogen (secondary N) is 1. The van der Waals surface area contributed by atoms with Gasteiger partial charge in [0.1, 0.15) is 0 Å². The van der Waals surface area contributed by atoms with E-state index in [2.05, 4.69) is 31.4 Å². The largest absolute Gasteiger partial charge is 0.416 e. The topological polar surface area (TPSA) is 68.0 Å². The van der Waals surface area contributed by atoms with Crippen molar-refractivity contribution >= 4 is 50.9 Å². The van der Waals surface area contributed by atoms with Crippen LogP contribution in [0.25, 0.3) is 0 Å². The summed E-state index contributed by atoms with van der Waals surface area (Å²) in [4.78, 5) is 11.9. The Morgan fingerprint density at radius 2 is 1.84 bits per heavy atom. The molecular formula is C17H13BrClN3O2S. The fraction of sp³-hybridized carbons (Fsp3) is 0.118. The van der Waals surface area contributed by atoms with Gasteiger partial charge in [0, 0.05) is 15.2 Å². The van der Waals surface area contributed by atoms with Gasteiger partial charge in [0.05, 0.1) is 12.2 Å². The lowest BCUT2D eigenvalue weighted by molar-refractivity contribution is -0.113. The van der Waals surface area contributed by atoms with Crippen LogP contribution < -0.4 is 5.32 Å². The molecule has 0 radical (unpaired) electrons. The van der Waals surface area contributed by atoms with Gasteiger partial charge >= 0.3 is 0 Å². The Kier molecular flexibility index (Phi) is 6.12. The van der Waals surface area contributed by atoms with E-state index in [0.717, 1.165) is 10.0 Å². The average Bonchev–Trinajstić information content (AvgIpc) is 3.05. The molecule has 0 saturated heterocycles. The number of thioether (sulfide) groups is 1. The lowest BCUT2D eigenvalue weighted by atomic mass is 10.2. The number of anilines is 1. The van der Waals surface area contributed by atoms with Crippen LogP contribution in [0.3, 0.4) is 0 Å². The van der Waals surface area contributed by atoms with E-state index in [1.54, 1.807) is 24.3 Å². The number of carbonyl (C=O) groups excluding carboxylic acids is 1. The molecule has 0 bridgehead atoms. The van der Waals surface area contributed by atoms with Crippen LogP contribution in [0.2, 0.25) is 5.02 Å². The van der Waals surface area contributed by atoms with Gasteiger partial charge in [-0.2, -0.15) is 0 Å². The Bertz CT molecular complexity index is 853. The summed E-state index contributed by atoms with van der Waals surface area (Å²) in [6, 6.07) is 14.8. The minimum atomic E-state index is -0.153. The highest BCUT2D eigenvalue weighted by Gasteiger charge is 2.10. The Morgan fingerprint density at radius 3 is 2.56 bits per heavy atom. The molecule has 0 unspecified atom stereocenters. The molecule has 0 aliphatic carbocycles. The number of benzene rings is 2. The third-order valence-corrected chi connectivity index (χ3v) is 4.77. The summed E-state index contributed by atoms with van der Waals surface area (Å²) in [5, 5.41) is 11.7. The van der Waals surface area contributed by atoms with E-state index >= 15 is 0 Å². The molecule has 3 rings (SSSR count). The average molecular weight is 439 g/mol. The molecule has 3 aromatic rings. The Balaban J connectivity index is 1.50. The highest BCUT2D eigenvalue weighted by Crippen LogP contribution is 2.19.